The van der Waals surface area contributed by atoms with E-state index in [-0.39, 0.29) is 11.8 Å². The van der Waals surface area contributed by atoms with Gasteiger partial charge in [0.2, 0.25) is 0 Å². The Bertz CT molecular complexity index is 710. The third kappa shape index (κ3) is 3.65. The molecule has 1 aliphatic heterocycles. The van der Waals surface area contributed by atoms with Gasteiger partial charge in [-0.2, -0.15) is 0 Å². The minimum absolute atomic E-state index is 0.0723. The van der Waals surface area contributed by atoms with E-state index in [4.69, 9.17) is 0 Å². The van der Waals surface area contributed by atoms with Crippen LogP contribution in [-0.4, -0.2) is 29.3 Å². The van der Waals surface area contributed by atoms with Crippen molar-refractivity contribution in [2.45, 2.75) is 32.2 Å². The van der Waals surface area contributed by atoms with Gasteiger partial charge in [-0.3, -0.25) is 9.59 Å². The standard InChI is InChI=1S/C20H22N2O2/c1-15-7-5-6-14-22(15)20(24)17-10-12-18(13-11-17)21-19(23)16-8-3-2-4-9-16/h2-4,8-13,15H,5-7,14H2,1H3,(H,21,23). The van der Waals surface area contributed by atoms with Gasteiger partial charge in [0.1, 0.15) is 0 Å². The van der Waals surface area contributed by atoms with E-state index < -0.39 is 0 Å². The highest BCUT2D eigenvalue weighted by atomic mass is 16.2. The summed E-state index contributed by atoms with van der Waals surface area (Å²) in [5.41, 5.74) is 1.97. The Kier molecular flexibility index (Phi) is 4.94. The zero-order chi connectivity index (χ0) is 16.9. The van der Waals surface area contributed by atoms with Crippen molar-refractivity contribution in [1.82, 2.24) is 4.90 Å². The van der Waals surface area contributed by atoms with Crippen LogP contribution in [0, 0.1) is 0 Å². The van der Waals surface area contributed by atoms with E-state index in [0.717, 1.165) is 19.4 Å². The molecule has 1 saturated heterocycles. The summed E-state index contributed by atoms with van der Waals surface area (Å²) in [7, 11) is 0. The van der Waals surface area contributed by atoms with Gasteiger partial charge in [0.25, 0.3) is 11.8 Å². The summed E-state index contributed by atoms with van der Waals surface area (Å²) in [4.78, 5) is 26.7. The second-order valence-corrected chi connectivity index (χ2v) is 6.24. The lowest BCUT2D eigenvalue weighted by Crippen LogP contribution is -2.42. The van der Waals surface area contributed by atoms with Gasteiger partial charge in [-0.05, 0) is 62.6 Å². The first kappa shape index (κ1) is 16.2. The first-order valence-corrected chi connectivity index (χ1v) is 8.42. The predicted molar refractivity (Wildman–Crippen MR) is 95.2 cm³/mol. The Morgan fingerprint density at radius 2 is 1.67 bits per heavy atom. The molecule has 3 rings (SSSR count). The Hall–Kier alpha value is -2.62. The fourth-order valence-electron chi connectivity index (χ4n) is 3.05. The van der Waals surface area contributed by atoms with Gasteiger partial charge in [-0.15, -0.1) is 0 Å². The molecule has 4 nitrogen and oxygen atoms in total. The molecule has 24 heavy (non-hydrogen) atoms. The number of anilines is 1. The average Bonchev–Trinajstić information content (AvgIpc) is 2.63. The highest BCUT2D eigenvalue weighted by molar-refractivity contribution is 6.04. The van der Waals surface area contributed by atoms with Gasteiger partial charge in [0.15, 0.2) is 0 Å². The average molecular weight is 322 g/mol. The molecule has 0 spiro atoms. The van der Waals surface area contributed by atoms with Crippen LogP contribution in [0.1, 0.15) is 46.9 Å². The minimum Gasteiger partial charge on any atom is -0.336 e. The van der Waals surface area contributed by atoms with E-state index in [1.165, 1.54) is 6.42 Å². The van der Waals surface area contributed by atoms with Crippen LogP contribution in [0.3, 0.4) is 0 Å². The molecule has 0 saturated carbocycles. The van der Waals surface area contributed by atoms with E-state index in [9.17, 15) is 9.59 Å². The summed E-state index contributed by atoms with van der Waals surface area (Å²) in [5.74, 6) is -0.0811. The van der Waals surface area contributed by atoms with Gasteiger partial charge in [0, 0.05) is 29.4 Å². The summed E-state index contributed by atoms with van der Waals surface area (Å²) < 4.78 is 0. The summed E-state index contributed by atoms with van der Waals surface area (Å²) in [5, 5.41) is 2.85. The van der Waals surface area contributed by atoms with Crippen molar-refractivity contribution in [2.24, 2.45) is 0 Å². The highest BCUT2D eigenvalue weighted by Crippen LogP contribution is 2.20. The summed E-state index contributed by atoms with van der Waals surface area (Å²) >= 11 is 0. The first-order valence-electron chi connectivity index (χ1n) is 8.42. The number of likely N-dealkylation sites (tertiary alicyclic amines) is 1. The molecular formula is C20H22N2O2. The number of amides is 2. The van der Waals surface area contributed by atoms with Crippen molar-refractivity contribution in [3.05, 3.63) is 65.7 Å². The fourth-order valence-corrected chi connectivity index (χ4v) is 3.05. The molecule has 1 heterocycles. The topological polar surface area (TPSA) is 49.4 Å². The van der Waals surface area contributed by atoms with E-state index in [1.807, 2.05) is 23.1 Å². The van der Waals surface area contributed by atoms with Crippen molar-refractivity contribution in [1.29, 1.82) is 0 Å². The van der Waals surface area contributed by atoms with Gasteiger partial charge in [-0.25, -0.2) is 0 Å². The fraction of sp³-hybridized carbons (Fsp3) is 0.300. The van der Waals surface area contributed by atoms with Crippen molar-refractivity contribution >= 4 is 17.5 Å². The lowest BCUT2D eigenvalue weighted by Gasteiger charge is -2.33. The predicted octanol–water partition coefficient (Wildman–Crippen LogP) is 3.95. The Morgan fingerprint density at radius 3 is 2.33 bits per heavy atom. The molecule has 2 amide bonds. The van der Waals surface area contributed by atoms with Crippen molar-refractivity contribution in [3.63, 3.8) is 0 Å². The van der Waals surface area contributed by atoms with Gasteiger partial charge in [0.05, 0.1) is 0 Å². The van der Waals surface area contributed by atoms with Gasteiger partial charge in [-0.1, -0.05) is 18.2 Å². The van der Waals surface area contributed by atoms with Crippen LogP contribution in [-0.2, 0) is 0 Å². The number of benzene rings is 2. The lowest BCUT2D eigenvalue weighted by molar-refractivity contribution is 0.0635. The molecule has 1 aliphatic rings. The second-order valence-electron chi connectivity index (χ2n) is 6.24. The van der Waals surface area contributed by atoms with Gasteiger partial charge < -0.3 is 10.2 Å². The van der Waals surface area contributed by atoms with Crippen LogP contribution in [0.4, 0.5) is 5.69 Å². The molecule has 1 N–H and O–H groups in total. The molecule has 4 heteroatoms. The number of piperidine rings is 1. The number of nitrogens with one attached hydrogen (secondary N) is 1. The molecule has 124 valence electrons. The SMILES string of the molecule is CC1CCCCN1C(=O)c1ccc(NC(=O)c2ccccc2)cc1. The van der Waals surface area contributed by atoms with Crippen LogP contribution in [0.25, 0.3) is 0 Å². The maximum atomic E-state index is 12.6. The normalized spacial score (nSPS) is 17.4. The maximum absolute atomic E-state index is 12.6. The number of rotatable bonds is 3. The third-order valence-electron chi connectivity index (χ3n) is 4.49. The number of hydrogen-bond acceptors (Lipinski definition) is 2. The summed E-state index contributed by atoms with van der Waals surface area (Å²) in [6.07, 6.45) is 3.33. The third-order valence-corrected chi connectivity index (χ3v) is 4.49. The second kappa shape index (κ2) is 7.30. The quantitative estimate of drug-likeness (QED) is 0.930. The molecular weight excluding hydrogens is 300 g/mol. The van der Waals surface area contributed by atoms with Crippen LogP contribution in [0.2, 0.25) is 0 Å². The zero-order valence-corrected chi connectivity index (χ0v) is 13.9. The number of carbonyl (C=O) groups excluding carboxylic acids is 2. The molecule has 1 unspecified atom stereocenters. The largest absolute Gasteiger partial charge is 0.336 e. The minimum atomic E-state index is -0.153. The van der Waals surface area contributed by atoms with E-state index >= 15 is 0 Å². The number of nitrogens with zero attached hydrogens (tertiary/aromatic N) is 1. The van der Waals surface area contributed by atoms with Crippen molar-refractivity contribution in [3.8, 4) is 0 Å². The Morgan fingerprint density at radius 1 is 0.958 bits per heavy atom. The Balaban J connectivity index is 1.67. The lowest BCUT2D eigenvalue weighted by atomic mass is 10.0. The van der Waals surface area contributed by atoms with Crippen LogP contribution < -0.4 is 5.32 Å². The molecule has 0 radical (unpaired) electrons. The molecule has 0 aliphatic carbocycles. The molecule has 0 bridgehead atoms. The van der Waals surface area contributed by atoms with Crippen LogP contribution >= 0.6 is 0 Å². The van der Waals surface area contributed by atoms with Crippen molar-refractivity contribution in [2.75, 3.05) is 11.9 Å². The molecule has 1 fully saturated rings. The van der Waals surface area contributed by atoms with E-state index in [1.54, 1.807) is 36.4 Å². The molecule has 2 aromatic carbocycles. The first-order chi connectivity index (χ1) is 11.6. The summed E-state index contributed by atoms with van der Waals surface area (Å²) in [6, 6.07) is 16.5. The van der Waals surface area contributed by atoms with Crippen LogP contribution in [0.5, 0.6) is 0 Å². The molecule has 2 aromatic rings. The zero-order valence-electron chi connectivity index (χ0n) is 13.9. The van der Waals surface area contributed by atoms with Gasteiger partial charge >= 0.3 is 0 Å². The van der Waals surface area contributed by atoms with E-state index in [0.29, 0.717) is 22.9 Å². The number of hydrogen-bond donors (Lipinski definition) is 1. The number of carbonyl (C=O) groups is 2. The Labute approximate surface area is 142 Å². The smallest absolute Gasteiger partial charge is 0.255 e. The monoisotopic (exact) mass is 322 g/mol. The maximum Gasteiger partial charge on any atom is 0.255 e. The van der Waals surface area contributed by atoms with Crippen LogP contribution in [0.15, 0.2) is 54.6 Å². The van der Waals surface area contributed by atoms with E-state index in [2.05, 4.69) is 12.2 Å². The highest BCUT2D eigenvalue weighted by Gasteiger charge is 2.24. The molecule has 0 aromatic heterocycles. The van der Waals surface area contributed by atoms with Crippen molar-refractivity contribution < 1.29 is 9.59 Å². The molecule has 1 atom stereocenters. The summed E-state index contributed by atoms with van der Waals surface area (Å²) in [6.45, 7) is 2.93.